The van der Waals surface area contributed by atoms with Gasteiger partial charge in [-0.25, -0.2) is 19.7 Å². The number of nitrogens with zero attached hydrogens (tertiary/aromatic N) is 5. The number of amides is 2. The van der Waals surface area contributed by atoms with Crippen molar-refractivity contribution in [1.29, 1.82) is 0 Å². The molecule has 0 aliphatic carbocycles. The lowest BCUT2D eigenvalue weighted by atomic mass is 10.2. The molecule has 0 bridgehead atoms. The highest BCUT2D eigenvalue weighted by atomic mass is 16.2. The topological polar surface area (TPSA) is 98.3 Å². The van der Waals surface area contributed by atoms with E-state index < -0.39 is 0 Å². The summed E-state index contributed by atoms with van der Waals surface area (Å²) in [6.07, 6.45) is 1.68. The lowest BCUT2D eigenvalue weighted by Crippen LogP contribution is -2.44. The number of fused-ring (bicyclic) bond motifs is 1. The number of urea groups is 1. The maximum absolute atomic E-state index is 11.7. The first-order chi connectivity index (χ1) is 14.6. The summed E-state index contributed by atoms with van der Waals surface area (Å²) >= 11 is 0. The molecule has 1 aromatic carbocycles. The molecule has 0 atom stereocenters. The molecule has 3 N–H and O–H groups in total. The van der Waals surface area contributed by atoms with Gasteiger partial charge in [0.25, 0.3) is 0 Å². The maximum atomic E-state index is 11.7. The van der Waals surface area contributed by atoms with E-state index in [9.17, 15) is 4.79 Å². The second-order valence-electron chi connectivity index (χ2n) is 7.24. The van der Waals surface area contributed by atoms with E-state index in [0.29, 0.717) is 29.3 Å². The number of aromatic nitrogens is 3. The molecule has 1 saturated heterocycles. The fraction of sp³-hybridized carbons (Fsp3) is 0.333. The lowest BCUT2D eigenvalue weighted by molar-refractivity contribution is 0.252. The maximum Gasteiger partial charge on any atom is 0.320 e. The van der Waals surface area contributed by atoms with E-state index >= 15 is 0 Å². The summed E-state index contributed by atoms with van der Waals surface area (Å²) in [6.45, 7) is 6.55. The molecule has 0 radical (unpaired) electrons. The number of carbonyl (C=O) groups excluding carboxylic acids is 1. The second-order valence-corrected chi connectivity index (χ2v) is 7.24. The molecule has 3 heterocycles. The van der Waals surface area contributed by atoms with Gasteiger partial charge in [0.2, 0.25) is 0 Å². The molecule has 1 aliphatic rings. The average Bonchev–Trinajstić information content (AvgIpc) is 2.74. The van der Waals surface area contributed by atoms with E-state index in [2.05, 4.69) is 59.9 Å². The number of pyridine rings is 1. The zero-order chi connectivity index (χ0) is 20.9. The van der Waals surface area contributed by atoms with E-state index in [-0.39, 0.29) is 6.03 Å². The number of likely N-dealkylation sites (N-methyl/N-ethyl adjacent to an activating group) is 1. The third kappa shape index (κ3) is 4.74. The Hall–Kier alpha value is -3.46. The van der Waals surface area contributed by atoms with Crippen LogP contribution in [0.25, 0.3) is 11.2 Å². The fourth-order valence-electron chi connectivity index (χ4n) is 3.34. The average molecular weight is 406 g/mol. The van der Waals surface area contributed by atoms with Crippen molar-refractivity contribution >= 4 is 40.2 Å². The molecule has 0 unspecified atom stereocenters. The van der Waals surface area contributed by atoms with Crippen LogP contribution in [0, 0.1) is 0 Å². The first-order valence-corrected chi connectivity index (χ1v) is 10.1. The number of anilines is 4. The largest absolute Gasteiger partial charge is 0.369 e. The number of rotatable bonds is 5. The summed E-state index contributed by atoms with van der Waals surface area (Å²) in [5.41, 5.74) is 3.25. The zero-order valence-corrected chi connectivity index (χ0v) is 17.2. The minimum absolute atomic E-state index is 0.299. The van der Waals surface area contributed by atoms with Crippen LogP contribution >= 0.6 is 0 Å². The van der Waals surface area contributed by atoms with Crippen LogP contribution in [0.5, 0.6) is 0 Å². The molecule has 0 spiro atoms. The van der Waals surface area contributed by atoms with Crippen LogP contribution in [0.15, 0.2) is 42.6 Å². The van der Waals surface area contributed by atoms with Crippen molar-refractivity contribution in [2.75, 3.05) is 55.3 Å². The molecule has 9 nitrogen and oxygen atoms in total. The molecule has 4 rings (SSSR count). The number of hydrogen-bond donors (Lipinski definition) is 3. The Kier molecular flexibility index (Phi) is 5.89. The predicted molar refractivity (Wildman–Crippen MR) is 119 cm³/mol. The van der Waals surface area contributed by atoms with Crippen molar-refractivity contribution in [3.8, 4) is 0 Å². The Balaban J connectivity index is 1.50. The second kappa shape index (κ2) is 8.91. The number of piperazine rings is 1. The van der Waals surface area contributed by atoms with Crippen molar-refractivity contribution in [2.45, 2.75) is 6.92 Å². The van der Waals surface area contributed by atoms with Gasteiger partial charge in [0.1, 0.15) is 11.3 Å². The molecule has 1 aliphatic heterocycles. The first-order valence-electron chi connectivity index (χ1n) is 10.1. The fourth-order valence-corrected chi connectivity index (χ4v) is 3.34. The molecule has 2 amide bonds. The zero-order valence-electron chi connectivity index (χ0n) is 17.2. The summed E-state index contributed by atoms with van der Waals surface area (Å²) in [4.78, 5) is 29.8. The van der Waals surface area contributed by atoms with E-state index in [1.54, 1.807) is 18.3 Å². The van der Waals surface area contributed by atoms with Crippen LogP contribution < -0.4 is 20.9 Å². The van der Waals surface area contributed by atoms with Gasteiger partial charge in [-0.3, -0.25) is 5.32 Å². The third-order valence-electron chi connectivity index (χ3n) is 4.97. The Morgan fingerprint density at radius 1 is 1.07 bits per heavy atom. The molecular weight excluding hydrogens is 380 g/mol. The van der Waals surface area contributed by atoms with Gasteiger partial charge >= 0.3 is 6.03 Å². The van der Waals surface area contributed by atoms with Gasteiger partial charge in [-0.2, -0.15) is 0 Å². The number of nitrogens with one attached hydrogen (secondary N) is 3. The van der Waals surface area contributed by atoms with Crippen LogP contribution in [0.4, 0.5) is 27.8 Å². The summed E-state index contributed by atoms with van der Waals surface area (Å²) in [7, 11) is 2.15. The van der Waals surface area contributed by atoms with Crippen LogP contribution in [0.2, 0.25) is 0 Å². The smallest absolute Gasteiger partial charge is 0.320 e. The predicted octanol–water partition coefficient (Wildman–Crippen LogP) is 2.66. The molecule has 1 fully saturated rings. The first kappa shape index (κ1) is 19.8. The van der Waals surface area contributed by atoms with Crippen LogP contribution in [0.1, 0.15) is 6.92 Å². The van der Waals surface area contributed by atoms with Crippen molar-refractivity contribution in [2.24, 2.45) is 0 Å². The Bertz CT molecular complexity index is 1030. The van der Waals surface area contributed by atoms with Gasteiger partial charge in [0, 0.05) is 44.1 Å². The summed E-state index contributed by atoms with van der Waals surface area (Å²) in [5.74, 6) is 1.03. The normalized spacial score (nSPS) is 14.5. The standard InChI is InChI=1S/C21H26N8O/c1-3-22-21(30)27-18-8-7-17-20(25-18)26-19(14-23-17)24-15-5-4-6-16(13-15)29-11-9-28(2)10-12-29/h4-8,13-14H,3,9-12H2,1-2H3,(H3,22,24,25,26,27,30). The van der Waals surface area contributed by atoms with E-state index in [4.69, 9.17) is 0 Å². The van der Waals surface area contributed by atoms with Gasteiger partial charge in [-0.1, -0.05) is 6.07 Å². The molecule has 30 heavy (non-hydrogen) atoms. The quantitative estimate of drug-likeness (QED) is 0.599. The van der Waals surface area contributed by atoms with Crippen molar-refractivity contribution in [3.63, 3.8) is 0 Å². The molecule has 0 saturated carbocycles. The lowest BCUT2D eigenvalue weighted by Gasteiger charge is -2.34. The van der Waals surface area contributed by atoms with E-state index in [1.807, 2.05) is 19.1 Å². The van der Waals surface area contributed by atoms with Gasteiger partial charge in [0.15, 0.2) is 11.5 Å². The Labute approximate surface area is 175 Å². The van der Waals surface area contributed by atoms with E-state index in [0.717, 1.165) is 31.9 Å². The molecule has 2 aromatic heterocycles. The van der Waals surface area contributed by atoms with Crippen LogP contribution in [-0.4, -0.2) is 65.7 Å². The highest BCUT2D eigenvalue weighted by molar-refractivity contribution is 5.89. The summed E-state index contributed by atoms with van der Waals surface area (Å²) in [5, 5.41) is 8.68. The number of hydrogen-bond acceptors (Lipinski definition) is 7. The highest BCUT2D eigenvalue weighted by Gasteiger charge is 2.14. The van der Waals surface area contributed by atoms with Crippen LogP contribution in [0.3, 0.4) is 0 Å². The van der Waals surface area contributed by atoms with Gasteiger partial charge in [0.05, 0.1) is 6.20 Å². The molecule has 156 valence electrons. The van der Waals surface area contributed by atoms with Gasteiger partial charge < -0.3 is 20.4 Å². The highest BCUT2D eigenvalue weighted by Crippen LogP contribution is 2.23. The monoisotopic (exact) mass is 406 g/mol. The van der Waals surface area contributed by atoms with Crippen LogP contribution in [-0.2, 0) is 0 Å². The van der Waals surface area contributed by atoms with Gasteiger partial charge in [-0.15, -0.1) is 0 Å². The summed E-state index contributed by atoms with van der Waals surface area (Å²) in [6, 6.07) is 11.5. The molecular formula is C21H26N8O. The molecule has 3 aromatic rings. The Morgan fingerprint density at radius 2 is 1.87 bits per heavy atom. The minimum atomic E-state index is -0.299. The van der Waals surface area contributed by atoms with E-state index in [1.165, 1.54) is 5.69 Å². The van der Waals surface area contributed by atoms with Crippen molar-refractivity contribution in [1.82, 2.24) is 25.2 Å². The van der Waals surface area contributed by atoms with Crippen molar-refractivity contribution < 1.29 is 4.79 Å². The molecule has 9 heteroatoms. The van der Waals surface area contributed by atoms with Crippen molar-refractivity contribution in [3.05, 3.63) is 42.6 Å². The third-order valence-corrected chi connectivity index (χ3v) is 4.97. The van der Waals surface area contributed by atoms with Gasteiger partial charge in [-0.05, 0) is 44.3 Å². The number of carbonyl (C=O) groups is 1. The SMILES string of the molecule is CCNC(=O)Nc1ccc2ncc(Nc3cccc(N4CCN(C)CC4)c3)nc2n1. The summed E-state index contributed by atoms with van der Waals surface area (Å²) < 4.78 is 0. The number of benzene rings is 1. The Morgan fingerprint density at radius 3 is 2.67 bits per heavy atom. The minimum Gasteiger partial charge on any atom is -0.369 e.